The van der Waals surface area contributed by atoms with Crippen LogP contribution < -0.4 is 10.6 Å². The second kappa shape index (κ2) is 9.20. The van der Waals surface area contributed by atoms with Crippen molar-refractivity contribution in [2.75, 3.05) is 26.7 Å². The highest BCUT2D eigenvalue weighted by molar-refractivity contribution is 5.81. The lowest BCUT2D eigenvalue weighted by atomic mass is 10.0. The van der Waals surface area contributed by atoms with E-state index < -0.39 is 36.9 Å². The van der Waals surface area contributed by atoms with Crippen molar-refractivity contribution < 1.29 is 30.3 Å². The Morgan fingerprint density at radius 2 is 1.72 bits per heavy atom. The summed E-state index contributed by atoms with van der Waals surface area (Å²) in [5, 5.41) is 51.0. The molecule has 8 heteroatoms. The van der Waals surface area contributed by atoms with Crippen LogP contribution in [0.3, 0.4) is 0 Å². The van der Waals surface area contributed by atoms with Gasteiger partial charge in [-0.05, 0) is 20.0 Å². The summed E-state index contributed by atoms with van der Waals surface area (Å²) in [4.78, 5) is 11.4. The van der Waals surface area contributed by atoms with Crippen LogP contribution >= 0.6 is 0 Å². The standard InChI is InChI=1S/C10H22N2O6/c1-11-3-2-4-12-10(18)9(17)8(16)7(15)6(14)5-13/h6-9,11,13-17H,2-5H2,1H3,(H,12,18). The summed E-state index contributed by atoms with van der Waals surface area (Å²) >= 11 is 0. The molecule has 0 saturated heterocycles. The minimum Gasteiger partial charge on any atom is -0.394 e. The number of aliphatic hydroxyl groups excluding tert-OH is 5. The van der Waals surface area contributed by atoms with E-state index >= 15 is 0 Å². The maximum absolute atomic E-state index is 11.4. The lowest BCUT2D eigenvalue weighted by Crippen LogP contribution is -2.51. The number of amides is 1. The maximum atomic E-state index is 11.4. The highest BCUT2D eigenvalue weighted by Gasteiger charge is 2.33. The summed E-state index contributed by atoms with van der Waals surface area (Å²) in [6, 6.07) is 0. The van der Waals surface area contributed by atoms with Crippen LogP contribution in [0, 0.1) is 0 Å². The van der Waals surface area contributed by atoms with Crippen LogP contribution in [-0.2, 0) is 4.79 Å². The van der Waals surface area contributed by atoms with Gasteiger partial charge in [-0.2, -0.15) is 0 Å². The number of hydrogen-bond acceptors (Lipinski definition) is 7. The van der Waals surface area contributed by atoms with Crippen LogP contribution in [0.25, 0.3) is 0 Å². The van der Waals surface area contributed by atoms with Crippen molar-refractivity contribution in [2.24, 2.45) is 0 Å². The largest absolute Gasteiger partial charge is 0.394 e. The highest BCUT2D eigenvalue weighted by atomic mass is 16.4. The Morgan fingerprint density at radius 3 is 2.22 bits per heavy atom. The van der Waals surface area contributed by atoms with E-state index in [2.05, 4.69) is 10.6 Å². The first-order valence-electron chi connectivity index (χ1n) is 5.71. The SMILES string of the molecule is CNCCCNC(=O)C(O)C(O)C(O)C(O)CO. The van der Waals surface area contributed by atoms with Crippen LogP contribution in [0.1, 0.15) is 6.42 Å². The molecule has 0 aromatic heterocycles. The molecule has 8 nitrogen and oxygen atoms in total. The fourth-order valence-electron chi connectivity index (χ4n) is 1.26. The molecule has 0 fully saturated rings. The first-order chi connectivity index (χ1) is 8.45. The minimum atomic E-state index is -1.87. The monoisotopic (exact) mass is 266 g/mol. The molecule has 0 aliphatic heterocycles. The molecule has 0 aromatic carbocycles. The van der Waals surface area contributed by atoms with Gasteiger partial charge in [0.05, 0.1) is 6.61 Å². The Balaban J connectivity index is 4.11. The molecule has 1 amide bonds. The summed E-state index contributed by atoms with van der Waals surface area (Å²) in [5.74, 6) is -0.845. The third-order valence-corrected chi connectivity index (χ3v) is 2.43. The van der Waals surface area contributed by atoms with E-state index in [1.807, 2.05) is 0 Å². The summed E-state index contributed by atoms with van der Waals surface area (Å²) in [7, 11) is 1.76. The molecule has 4 atom stereocenters. The van der Waals surface area contributed by atoms with Gasteiger partial charge in [-0.3, -0.25) is 4.79 Å². The van der Waals surface area contributed by atoms with Gasteiger partial charge in [0.2, 0.25) is 0 Å². The molecule has 0 rings (SSSR count). The van der Waals surface area contributed by atoms with Crippen molar-refractivity contribution in [3.63, 3.8) is 0 Å². The third kappa shape index (κ3) is 5.71. The van der Waals surface area contributed by atoms with Crippen molar-refractivity contribution in [3.8, 4) is 0 Å². The zero-order valence-electron chi connectivity index (χ0n) is 10.3. The van der Waals surface area contributed by atoms with E-state index in [1.54, 1.807) is 7.05 Å². The van der Waals surface area contributed by atoms with Crippen molar-refractivity contribution in [1.82, 2.24) is 10.6 Å². The van der Waals surface area contributed by atoms with Crippen molar-refractivity contribution >= 4 is 5.91 Å². The van der Waals surface area contributed by atoms with Crippen LogP contribution in [0.2, 0.25) is 0 Å². The predicted octanol–water partition coefficient (Wildman–Crippen LogP) is -3.85. The van der Waals surface area contributed by atoms with E-state index in [-0.39, 0.29) is 0 Å². The van der Waals surface area contributed by atoms with Gasteiger partial charge < -0.3 is 36.2 Å². The molecule has 108 valence electrons. The Hall–Kier alpha value is -0.770. The normalized spacial score (nSPS) is 17.9. The van der Waals surface area contributed by atoms with Crippen molar-refractivity contribution in [3.05, 3.63) is 0 Å². The number of hydrogen-bond donors (Lipinski definition) is 7. The molecule has 7 N–H and O–H groups in total. The first-order valence-corrected chi connectivity index (χ1v) is 5.71. The molecular formula is C10H22N2O6. The molecule has 0 spiro atoms. The van der Waals surface area contributed by atoms with Crippen LogP contribution in [0.15, 0.2) is 0 Å². The van der Waals surface area contributed by atoms with Gasteiger partial charge in [-0.15, -0.1) is 0 Å². The van der Waals surface area contributed by atoms with E-state index in [0.29, 0.717) is 19.5 Å². The summed E-state index contributed by atoms with van der Waals surface area (Å²) in [5.41, 5.74) is 0. The molecule has 18 heavy (non-hydrogen) atoms. The fraction of sp³-hybridized carbons (Fsp3) is 0.900. The van der Waals surface area contributed by atoms with Gasteiger partial charge in [-0.25, -0.2) is 0 Å². The average molecular weight is 266 g/mol. The number of nitrogens with one attached hydrogen (secondary N) is 2. The maximum Gasteiger partial charge on any atom is 0.251 e. The smallest absolute Gasteiger partial charge is 0.251 e. The van der Waals surface area contributed by atoms with E-state index in [1.165, 1.54) is 0 Å². The van der Waals surface area contributed by atoms with E-state index in [0.717, 1.165) is 0 Å². The van der Waals surface area contributed by atoms with Gasteiger partial charge in [0.15, 0.2) is 6.10 Å². The minimum absolute atomic E-state index is 0.308. The van der Waals surface area contributed by atoms with Crippen LogP contribution in [0.5, 0.6) is 0 Å². The van der Waals surface area contributed by atoms with Crippen LogP contribution in [-0.4, -0.2) is 82.6 Å². The molecule has 0 heterocycles. The number of carbonyl (C=O) groups is 1. The second-order valence-corrected chi connectivity index (χ2v) is 3.92. The Labute approximate surface area is 105 Å². The predicted molar refractivity (Wildman–Crippen MR) is 62.7 cm³/mol. The highest BCUT2D eigenvalue weighted by Crippen LogP contribution is 2.05. The molecule has 0 radical (unpaired) electrons. The van der Waals surface area contributed by atoms with Gasteiger partial charge in [-0.1, -0.05) is 0 Å². The number of carbonyl (C=O) groups excluding carboxylic acids is 1. The molecule has 0 aliphatic carbocycles. The summed E-state index contributed by atoms with van der Waals surface area (Å²) in [6.45, 7) is 0.210. The Kier molecular flexibility index (Phi) is 8.81. The number of aliphatic hydroxyl groups is 5. The lowest BCUT2D eigenvalue weighted by molar-refractivity contribution is -0.148. The molecule has 0 saturated carbocycles. The van der Waals surface area contributed by atoms with Gasteiger partial charge in [0.1, 0.15) is 18.3 Å². The Morgan fingerprint density at radius 1 is 1.11 bits per heavy atom. The molecule has 0 aromatic rings. The second-order valence-electron chi connectivity index (χ2n) is 3.92. The molecule has 0 aliphatic rings. The van der Waals surface area contributed by atoms with E-state index in [4.69, 9.17) is 10.2 Å². The number of rotatable bonds is 9. The first kappa shape index (κ1) is 17.2. The zero-order valence-corrected chi connectivity index (χ0v) is 10.3. The van der Waals surface area contributed by atoms with Crippen molar-refractivity contribution in [1.29, 1.82) is 0 Å². The average Bonchev–Trinajstić information content (AvgIpc) is 2.39. The fourth-order valence-corrected chi connectivity index (χ4v) is 1.26. The van der Waals surface area contributed by atoms with E-state index in [9.17, 15) is 20.1 Å². The molecule has 4 unspecified atom stereocenters. The van der Waals surface area contributed by atoms with Crippen molar-refractivity contribution in [2.45, 2.75) is 30.8 Å². The quantitative estimate of drug-likeness (QED) is 0.212. The van der Waals surface area contributed by atoms with Gasteiger partial charge in [0, 0.05) is 6.54 Å². The third-order valence-electron chi connectivity index (χ3n) is 2.43. The van der Waals surface area contributed by atoms with Gasteiger partial charge in [0.25, 0.3) is 5.91 Å². The topological polar surface area (TPSA) is 142 Å². The lowest BCUT2D eigenvalue weighted by Gasteiger charge is -2.24. The van der Waals surface area contributed by atoms with Crippen LogP contribution in [0.4, 0.5) is 0 Å². The molecule has 0 bridgehead atoms. The Bertz CT molecular complexity index is 240. The molecular weight excluding hydrogens is 244 g/mol. The zero-order chi connectivity index (χ0) is 14.1. The summed E-state index contributed by atoms with van der Waals surface area (Å²) < 4.78 is 0. The summed E-state index contributed by atoms with van der Waals surface area (Å²) in [6.07, 6.45) is -6.50. The van der Waals surface area contributed by atoms with Gasteiger partial charge >= 0.3 is 0 Å².